The first-order chi connectivity index (χ1) is 12.0. The molecule has 0 spiro atoms. The molecule has 0 unspecified atom stereocenters. The minimum absolute atomic E-state index is 0.0269. The van der Waals surface area contributed by atoms with E-state index < -0.39 is 5.56 Å². The summed E-state index contributed by atoms with van der Waals surface area (Å²) in [6, 6.07) is 8.99. The Bertz CT molecular complexity index is 894. The molecule has 1 aromatic heterocycles. The molecule has 0 atom stereocenters. The lowest BCUT2D eigenvalue weighted by atomic mass is 10.1. The number of nitriles is 1. The van der Waals surface area contributed by atoms with Gasteiger partial charge in [-0.25, -0.2) is 0 Å². The molecular formula is C18H19N3O4. The molecule has 7 nitrogen and oxygen atoms in total. The van der Waals surface area contributed by atoms with Crippen LogP contribution in [-0.2, 0) is 11.3 Å². The van der Waals surface area contributed by atoms with Crippen molar-refractivity contribution in [3.05, 3.63) is 51.3 Å². The lowest BCUT2D eigenvalue weighted by Crippen LogP contribution is -2.26. The van der Waals surface area contributed by atoms with Crippen molar-refractivity contribution >= 4 is 11.9 Å². The Labute approximate surface area is 145 Å². The highest BCUT2D eigenvalue weighted by Crippen LogP contribution is 2.23. The normalized spacial score (nSPS) is 10.8. The number of benzene rings is 1. The molecule has 1 heterocycles. The monoisotopic (exact) mass is 341 g/mol. The average molecular weight is 341 g/mol. The fourth-order valence-electron chi connectivity index (χ4n) is 2.35. The molecule has 0 aliphatic heterocycles. The van der Waals surface area contributed by atoms with E-state index in [-0.39, 0.29) is 24.6 Å². The predicted octanol–water partition coefficient (Wildman–Crippen LogP) is 2.14. The van der Waals surface area contributed by atoms with Crippen LogP contribution < -0.4 is 10.3 Å². The predicted molar refractivity (Wildman–Crippen MR) is 93.9 cm³/mol. The van der Waals surface area contributed by atoms with Gasteiger partial charge in [0.15, 0.2) is 0 Å². The van der Waals surface area contributed by atoms with Crippen molar-refractivity contribution in [3.8, 4) is 17.7 Å². The summed E-state index contributed by atoms with van der Waals surface area (Å²) in [5.41, 5.74) is 0.737. The zero-order valence-corrected chi connectivity index (χ0v) is 14.3. The van der Waals surface area contributed by atoms with Crippen molar-refractivity contribution < 1.29 is 14.6 Å². The number of aromatic hydroxyl groups is 1. The summed E-state index contributed by atoms with van der Waals surface area (Å²) in [4.78, 5) is 16.6. The third kappa shape index (κ3) is 3.87. The molecule has 0 saturated heterocycles. The fourth-order valence-corrected chi connectivity index (χ4v) is 2.35. The maximum absolute atomic E-state index is 12.3. The highest BCUT2D eigenvalue weighted by atomic mass is 16.5. The molecule has 7 heteroatoms. The van der Waals surface area contributed by atoms with Crippen LogP contribution in [-0.4, -0.2) is 36.7 Å². The summed E-state index contributed by atoms with van der Waals surface area (Å²) >= 11 is 0. The summed E-state index contributed by atoms with van der Waals surface area (Å²) in [7, 11) is 3.05. The minimum Gasteiger partial charge on any atom is -0.497 e. The van der Waals surface area contributed by atoms with Gasteiger partial charge in [-0.3, -0.25) is 14.4 Å². The number of nitrogens with zero attached hydrogens (tertiary/aromatic N) is 3. The van der Waals surface area contributed by atoms with Crippen LogP contribution in [0.2, 0.25) is 0 Å². The van der Waals surface area contributed by atoms with Gasteiger partial charge in [0.05, 0.1) is 31.5 Å². The van der Waals surface area contributed by atoms with Crippen LogP contribution in [0.15, 0.2) is 34.1 Å². The number of ether oxygens (including phenoxy) is 2. The van der Waals surface area contributed by atoms with Crippen molar-refractivity contribution in [1.29, 1.82) is 5.26 Å². The van der Waals surface area contributed by atoms with Gasteiger partial charge in [-0.2, -0.15) is 5.26 Å². The maximum Gasteiger partial charge on any atom is 0.271 e. The lowest BCUT2D eigenvalue weighted by molar-refractivity contribution is 0.182. The molecule has 1 aromatic carbocycles. The Balaban J connectivity index is 2.54. The Morgan fingerprint density at radius 3 is 2.80 bits per heavy atom. The van der Waals surface area contributed by atoms with E-state index in [4.69, 9.17) is 9.47 Å². The Kier molecular flexibility index (Phi) is 5.93. The van der Waals surface area contributed by atoms with E-state index in [2.05, 4.69) is 4.99 Å². The van der Waals surface area contributed by atoms with E-state index in [1.54, 1.807) is 38.3 Å². The van der Waals surface area contributed by atoms with Crippen LogP contribution in [0.3, 0.4) is 0 Å². The second kappa shape index (κ2) is 8.13. The van der Waals surface area contributed by atoms with Crippen LogP contribution >= 0.6 is 0 Å². The Morgan fingerprint density at radius 2 is 2.16 bits per heavy atom. The molecule has 2 aromatic rings. The maximum atomic E-state index is 12.3. The number of hydrogen-bond acceptors (Lipinski definition) is 6. The van der Waals surface area contributed by atoms with Gasteiger partial charge in [0.25, 0.3) is 5.56 Å². The Hall–Kier alpha value is -3.11. The van der Waals surface area contributed by atoms with E-state index >= 15 is 0 Å². The molecule has 0 fully saturated rings. The van der Waals surface area contributed by atoms with E-state index in [9.17, 15) is 15.2 Å². The number of aliphatic imine (C=N–C) groups is 1. The minimum atomic E-state index is -0.548. The highest BCUT2D eigenvalue weighted by molar-refractivity contribution is 5.87. The zero-order chi connectivity index (χ0) is 18.4. The van der Waals surface area contributed by atoms with Gasteiger partial charge in [0.2, 0.25) is 5.88 Å². The van der Waals surface area contributed by atoms with E-state index in [0.717, 1.165) is 4.57 Å². The summed E-state index contributed by atoms with van der Waals surface area (Å²) < 4.78 is 11.2. The Morgan fingerprint density at radius 1 is 1.40 bits per heavy atom. The van der Waals surface area contributed by atoms with Crippen LogP contribution in [0.5, 0.6) is 11.6 Å². The molecule has 0 aliphatic rings. The highest BCUT2D eigenvalue weighted by Gasteiger charge is 2.17. The van der Waals surface area contributed by atoms with Crippen LogP contribution in [0, 0.1) is 18.3 Å². The number of aromatic nitrogens is 1. The third-order valence-corrected chi connectivity index (χ3v) is 3.76. The summed E-state index contributed by atoms with van der Waals surface area (Å²) in [5, 5.41) is 19.7. The van der Waals surface area contributed by atoms with E-state index in [1.807, 2.05) is 6.07 Å². The molecule has 1 N–H and O–H groups in total. The molecule has 0 saturated carbocycles. The number of pyridine rings is 1. The number of methoxy groups -OCH3 is 2. The smallest absolute Gasteiger partial charge is 0.271 e. The third-order valence-electron chi connectivity index (χ3n) is 3.76. The van der Waals surface area contributed by atoms with Gasteiger partial charge in [0.1, 0.15) is 17.4 Å². The van der Waals surface area contributed by atoms with Crippen molar-refractivity contribution in [1.82, 2.24) is 4.57 Å². The standard InChI is InChI=1S/C18H19N3O4/c1-12-15(10-19)17(22)21(7-8-24-2)18(23)16(12)11-20-13-5-4-6-14(9-13)25-3/h4-6,9,11,23H,7-8H2,1-3H3. The summed E-state index contributed by atoms with van der Waals surface area (Å²) in [5.74, 6) is 0.406. The van der Waals surface area contributed by atoms with Gasteiger partial charge in [-0.15, -0.1) is 0 Å². The number of hydrogen-bond donors (Lipinski definition) is 1. The molecule has 0 aliphatic carbocycles. The molecular weight excluding hydrogens is 322 g/mol. The molecule has 0 bridgehead atoms. The van der Waals surface area contributed by atoms with Crippen LogP contribution in [0.1, 0.15) is 16.7 Å². The first kappa shape index (κ1) is 18.2. The first-order valence-corrected chi connectivity index (χ1v) is 7.57. The van der Waals surface area contributed by atoms with Gasteiger partial charge in [0, 0.05) is 19.4 Å². The lowest BCUT2D eigenvalue weighted by Gasteiger charge is -2.13. The van der Waals surface area contributed by atoms with E-state index in [1.165, 1.54) is 13.3 Å². The van der Waals surface area contributed by atoms with Crippen molar-refractivity contribution in [2.24, 2.45) is 4.99 Å². The SMILES string of the molecule is COCCn1c(O)c(C=Nc2cccc(OC)c2)c(C)c(C#N)c1=O. The van der Waals surface area contributed by atoms with Gasteiger partial charge in [-0.1, -0.05) is 6.07 Å². The molecule has 2 rings (SSSR count). The average Bonchev–Trinajstić information content (AvgIpc) is 2.62. The summed E-state index contributed by atoms with van der Waals surface area (Å²) in [6.07, 6.45) is 1.43. The molecule has 0 radical (unpaired) electrons. The van der Waals surface area contributed by atoms with Gasteiger partial charge < -0.3 is 14.6 Å². The topological polar surface area (TPSA) is 96.8 Å². The molecule has 0 amide bonds. The molecule has 130 valence electrons. The second-order valence-electron chi connectivity index (χ2n) is 5.26. The van der Waals surface area contributed by atoms with Crippen LogP contribution in [0.4, 0.5) is 5.69 Å². The van der Waals surface area contributed by atoms with Gasteiger partial charge in [-0.05, 0) is 24.6 Å². The quantitative estimate of drug-likeness (QED) is 0.812. The van der Waals surface area contributed by atoms with Crippen molar-refractivity contribution in [3.63, 3.8) is 0 Å². The fraction of sp³-hybridized carbons (Fsp3) is 0.278. The number of rotatable bonds is 6. The van der Waals surface area contributed by atoms with Crippen molar-refractivity contribution in [2.45, 2.75) is 13.5 Å². The summed E-state index contributed by atoms with van der Waals surface area (Å²) in [6.45, 7) is 1.97. The van der Waals surface area contributed by atoms with Gasteiger partial charge >= 0.3 is 0 Å². The second-order valence-corrected chi connectivity index (χ2v) is 5.26. The largest absolute Gasteiger partial charge is 0.497 e. The van der Waals surface area contributed by atoms with Crippen LogP contribution in [0.25, 0.3) is 0 Å². The zero-order valence-electron chi connectivity index (χ0n) is 14.3. The van der Waals surface area contributed by atoms with Crippen molar-refractivity contribution in [2.75, 3.05) is 20.8 Å². The first-order valence-electron chi connectivity index (χ1n) is 7.57. The molecule has 25 heavy (non-hydrogen) atoms. The van der Waals surface area contributed by atoms with E-state index in [0.29, 0.717) is 22.6 Å².